The van der Waals surface area contributed by atoms with Crippen molar-refractivity contribution >= 4 is 6.03 Å². The van der Waals surface area contributed by atoms with Crippen molar-refractivity contribution in [2.24, 2.45) is 0 Å². The normalized spacial score (nSPS) is 23.1. The van der Waals surface area contributed by atoms with Crippen molar-refractivity contribution in [3.8, 4) is 0 Å². The first-order valence-electron chi connectivity index (χ1n) is 8.35. The summed E-state index contributed by atoms with van der Waals surface area (Å²) >= 11 is 0. The number of piperidine rings is 1. The van der Waals surface area contributed by atoms with Gasteiger partial charge in [0.25, 0.3) is 0 Å². The fourth-order valence-electron chi connectivity index (χ4n) is 3.33. The van der Waals surface area contributed by atoms with Crippen molar-refractivity contribution in [1.82, 2.24) is 20.0 Å². The molecule has 2 amide bonds. The largest absolute Gasteiger partial charge is 0.325 e. The van der Waals surface area contributed by atoms with Crippen molar-refractivity contribution in [3.63, 3.8) is 0 Å². The molecule has 0 bridgehead atoms. The second-order valence-electron chi connectivity index (χ2n) is 7.25. The summed E-state index contributed by atoms with van der Waals surface area (Å²) in [6, 6.07) is 1.05. The Morgan fingerprint density at radius 1 is 1.14 bits per heavy atom. The summed E-state index contributed by atoms with van der Waals surface area (Å²) in [5.41, 5.74) is 0.218. The molecule has 5 heteroatoms. The molecular formula is C16H32N4O. The van der Waals surface area contributed by atoms with Gasteiger partial charge in [-0.05, 0) is 40.5 Å². The highest BCUT2D eigenvalue weighted by atomic mass is 16.2. The highest BCUT2D eigenvalue weighted by molar-refractivity contribution is 5.74. The van der Waals surface area contributed by atoms with Crippen LogP contribution in [0.3, 0.4) is 0 Å². The topological polar surface area (TPSA) is 38.8 Å². The molecule has 1 spiro atoms. The maximum Gasteiger partial charge on any atom is 0.319 e. The zero-order valence-corrected chi connectivity index (χ0v) is 14.4. The number of nitrogens with zero attached hydrogens (tertiary/aromatic N) is 3. The molecule has 0 radical (unpaired) electrons. The average molecular weight is 296 g/mol. The van der Waals surface area contributed by atoms with E-state index in [-0.39, 0.29) is 17.6 Å². The molecule has 2 saturated heterocycles. The van der Waals surface area contributed by atoms with Gasteiger partial charge in [-0.2, -0.15) is 0 Å². The second kappa shape index (κ2) is 6.53. The van der Waals surface area contributed by atoms with Gasteiger partial charge in [0, 0.05) is 57.4 Å². The number of hydrogen-bond donors (Lipinski definition) is 1. The van der Waals surface area contributed by atoms with Crippen LogP contribution in [0.2, 0.25) is 0 Å². The van der Waals surface area contributed by atoms with Crippen LogP contribution in [-0.2, 0) is 0 Å². The molecule has 0 saturated carbocycles. The Hall–Kier alpha value is -0.810. The van der Waals surface area contributed by atoms with Gasteiger partial charge < -0.3 is 15.1 Å². The summed E-state index contributed by atoms with van der Waals surface area (Å²) in [5.74, 6) is 0. The van der Waals surface area contributed by atoms with Crippen LogP contribution in [0.25, 0.3) is 0 Å². The van der Waals surface area contributed by atoms with E-state index in [0.717, 1.165) is 45.6 Å². The number of rotatable bonds is 2. The summed E-state index contributed by atoms with van der Waals surface area (Å²) in [7, 11) is 1.90. The zero-order chi connectivity index (χ0) is 15.6. The van der Waals surface area contributed by atoms with E-state index in [9.17, 15) is 4.79 Å². The Morgan fingerprint density at radius 2 is 1.76 bits per heavy atom. The van der Waals surface area contributed by atoms with E-state index in [2.05, 4.69) is 37.9 Å². The molecule has 1 N–H and O–H groups in total. The lowest BCUT2D eigenvalue weighted by Crippen LogP contribution is -2.65. The predicted molar refractivity (Wildman–Crippen MR) is 86.5 cm³/mol. The minimum atomic E-state index is 0.177. The van der Waals surface area contributed by atoms with E-state index in [0.29, 0.717) is 6.04 Å². The third kappa shape index (κ3) is 3.69. The van der Waals surface area contributed by atoms with Crippen molar-refractivity contribution in [3.05, 3.63) is 0 Å². The molecule has 0 aliphatic carbocycles. The smallest absolute Gasteiger partial charge is 0.319 e. The van der Waals surface area contributed by atoms with Crippen molar-refractivity contribution in [2.75, 3.05) is 39.8 Å². The molecular weight excluding hydrogens is 264 g/mol. The minimum absolute atomic E-state index is 0.177. The van der Waals surface area contributed by atoms with Crippen LogP contribution in [-0.4, -0.2) is 78.1 Å². The van der Waals surface area contributed by atoms with Crippen LogP contribution in [0, 0.1) is 0 Å². The van der Waals surface area contributed by atoms with E-state index >= 15 is 0 Å². The zero-order valence-electron chi connectivity index (χ0n) is 14.4. The first-order valence-corrected chi connectivity index (χ1v) is 8.35. The number of urea groups is 1. The van der Waals surface area contributed by atoms with Crippen LogP contribution in [0.1, 0.15) is 40.5 Å². The van der Waals surface area contributed by atoms with Crippen LogP contribution in [0.15, 0.2) is 0 Å². The molecule has 2 heterocycles. The molecule has 5 nitrogen and oxygen atoms in total. The number of hydrogen-bond acceptors (Lipinski definition) is 3. The van der Waals surface area contributed by atoms with Gasteiger partial charge in [-0.15, -0.1) is 0 Å². The Balaban J connectivity index is 1.92. The first kappa shape index (κ1) is 16.6. The second-order valence-corrected chi connectivity index (χ2v) is 7.25. The Kier molecular flexibility index (Phi) is 5.15. The maximum absolute atomic E-state index is 12.4. The standard InChI is InChI=1S/C16H32N4O/c1-13(2)18(5)15(21)19-9-6-16(7-10-19)12-20(14(3)4)11-8-17-16/h13-14,17H,6-12H2,1-5H3. The lowest BCUT2D eigenvalue weighted by atomic mass is 9.85. The molecule has 0 aromatic rings. The van der Waals surface area contributed by atoms with Gasteiger partial charge in [0.1, 0.15) is 0 Å². The quantitative estimate of drug-likeness (QED) is 0.841. The number of carbonyl (C=O) groups excluding carboxylic acids is 1. The fourth-order valence-corrected chi connectivity index (χ4v) is 3.33. The minimum Gasteiger partial charge on any atom is -0.325 e. The molecule has 21 heavy (non-hydrogen) atoms. The lowest BCUT2D eigenvalue weighted by molar-refractivity contribution is 0.0538. The molecule has 2 rings (SSSR count). The summed E-state index contributed by atoms with van der Waals surface area (Å²) in [5, 5.41) is 3.74. The SMILES string of the molecule is CC(C)N1CCNC2(CCN(C(=O)N(C)C(C)C)CC2)C1. The van der Waals surface area contributed by atoms with Gasteiger partial charge in [0.15, 0.2) is 0 Å². The molecule has 2 aliphatic rings. The van der Waals surface area contributed by atoms with E-state index in [1.54, 1.807) is 0 Å². The van der Waals surface area contributed by atoms with Crippen molar-refractivity contribution < 1.29 is 4.79 Å². The van der Waals surface area contributed by atoms with E-state index in [1.165, 1.54) is 0 Å². The van der Waals surface area contributed by atoms with Gasteiger partial charge in [-0.1, -0.05) is 0 Å². The third-order valence-electron chi connectivity index (χ3n) is 5.20. The number of carbonyl (C=O) groups is 1. The van der Waals surface area contributed by atoms with Crippen molar-refractivity contribution in [2.45, 2.75) is 58.2 Å². The highest BCUT2D eigenvalue weighted by Gasteiger charge is 2.40. The number of nitrogens with one attached hydrogen (secondary N) is 1. The summed E-state index contributed by atoms with van der Waals surface area (Å²) in [6.07, 6.45) is 2.13. The van der Waals surface area contributed by atoms with Gasteiger partial charge in [0.05, 0.1) is 0 Å². The van der Waals surface area contributed by atoms with Crippen LogP contribution in [0.5, 0.6) is 0 Å². The van der Waals surface area contributed by atoms with Gasteiger partial charge >= 0.3 is 6.03 Å². The molecule has 0 aromatic carbocycles. The molecule has 2 aliphatic heterocycles. The Morgan fingerprint density at radius 3 is 2.29 bits per heavy atom. The highest BCUT2D eigenvalue weighted by Crippen LogP contribution is 2.27. The van der Waals surface area contributed by atoms with Crippen LogP contribution >= 0.6 is 0 Å². The predicted octanol–water partition coefficient (Wildman–Crippen LogP) is 1.59. The molecule has 0 atom stereocenters. The number of amides is 2. The molecule has 2 fully saturated rings. The fraction of sp³-hybridized carbons (Fsp3) is 0.938. The van der Waals surface area contributed by atoms with Gasteiger partial charge in [0.2, 0.25) is 0 Å². The molecule has 0 aromatic heterocycles. The molecule has 122 valence electrons. The average Bonchev–Trinajstić information content (AvgIpc) is 2.46. The van der Waals surface area contributed by atoms with Gasteiger partial charge in [-0.25, -0.2) is 4.79 Å². The third-order valence-corrected chi connectivity index (χ3v) is 5.20. The van der Waals surface area contributed by atoms with E-state index in [4.69, 9.17) is 0 Å². The summed E-state index contributed by atoms with van der Waals surface area (Å²) < 4.78 is 0. The Bertz CT molecular complexity index is 361. The molecule has 0 unspecified atom stereocenters. The number of likely N-dealkylation sites (tertiary alicyclic amines) is 1. The summed E-state index contributed by atoms with van der Waals surface area (Å²) in [4.78, 5) is 18.8. The van der Waals surface area contributed by atoms with Crippen LogP contribution in [0.4, 0.5) is 4.79 Å². The number of piperazine rings is 1. The van der Waals surface area contributed by atoms with Gasteiger partial charge in [-0.3, -0.25) is 4.90 Å². The van der Waals surface area contributed by atoms with E-state index < -0.39 is 0 Å². The first-order chi connectivity index (χ1) is 9.84. The van der Waals surface area contributed by atoms with E-state index in [1.807, 2.05) is 16.8 Å². The van der Waals surface area contributed by atoms with Crippen LogP contribution < -0.4 is 5.32 Å². The Labute approximate surface area is 129 Å². The monoisotopic (exact) mass is 296 g/mol. The summed E-state index contributed by atoms with van der Waals surface area (Å²) in [6.45, 7) is 13.7. The maximum atomic E-state index is 12.4. The lowest BCUT2D eigenvalue weighted by Gasteiger charge is -2.49. The van der Waals surface area contributed by atoms with Crippen molar-refractivity contribution in [1.29, 1.82) is 0 Å².